The number of nitrogens with zero attached hydrogens (tertiary/aromatic N) is 1. The van der Waals surface area contributed by atoms with Crippen molar-refractivity contribution in [2.75, 3.05) is 6.61 Å². The SMILES string of the molecule is O=C(OCc1csc(-c2ccc(Cl)cc2)n1)[C@@H]1COc2ccccc2C1. The monoisotopic (exact) mass is 385 g/mol. The van der Waals surface area contributed by atoms with Gasteiger partial charge in [0, 0.05) is 16.0 Å². The number of ether oxygens (including phenoxy) is 2. The molecular formula is C20H16ClNO3S. The van der Waals surface area contributed by atoms with E-state index in [4.69, 9.17) is 21.1 Å². The van der Waals surface area contributed by atoms with Crippen LogP contribution in [0, 0.1) is 5.92 Å². The van der Waals surface area contributed by atoms with Crippen LogP contribution in [0.15, 0.2) is 53.9 Å². The van der Waals surface area contributed by atoms with Crippen LogP contribution >= 0.6 is 22.9 Å². The highest BCUT2D eigenvalue weighted by Gasteiger charge is 2.27. The number of fused-ring (bicyclic) bond motifs is 1. The van der Waals surface area contributed by atoms with Crippen LogP contribution in [0.5, 0.6) is 5.75 Å². The van der Waals surface area contributed by atoms with Gasteiger partial charge in [0.1, 0.15) is 24.0 Å². The van der Waals surface area contributed by atoms with E-state index in [0.29, 0.717) is 18.1 Å². The molecule has 3 aromatic rings. The van der Waals surface area contributed by atoms with Gasteiger partial charge in [0.05, 0.1) is 11.6 Å². The van der Waals surface area contributed by atoms with E-state index in [2.05, 4.69) is 4.98 Å². The van der Waals surface area contributed by atoms with Crippen LogP contribution < -0.4 is 4.74 Å². The van der Waals surface area contributed by atoms with Gasteiger partial charge in [-0.25, -0.2) is 4.98 Å². The van der Waals surface area contributed by atoms with Crippen molar-refractivity contribution in [3.05, 3.63) is 70.2 Å². The highest BCUT2D eigenvalue weighted by molar-refractivity contribution is 7.13. The zero-order valence-electron chi connectivity index (χ0n) is 13.9. The third kappa shape index (κ3) is 3.74. The summed E-state index contributed by atoms with van der Waals surface area (Å²) < 4.78 is 11.1. The average Bonchev–Trinajstić information content (AvgIpc) is 3.15. The summed E-state index contributed by atoms with van der Waals surface area (Å²) in [7, 11) is 0. The van der Waals surface area contributed by atoms with Gasteiger partial charge in [-0.1, -0.05) is 41.9 Å². The van der Waals surface area contributed by atoms with Crippen LogP contribution in [0.25, 0.3) is 10.6 Å². The quantitative estimate of drug-likeness (QED) is 0.607. The molecule has 0 saturated carbocycles. The van der Waals surface area contributed by atoms with E-state index in [1.165, 1.54) is 11.3 Å². The van der Waals surface area contributed by atoms with Crippen LogP contribution in [0.4, 0.5) is 0 Å². The normalized spacial score (nSPS) is 15.8. The molecule has 0 fully saturated rings. The van der Waals surface area contributed by atoms with E-state index in [-0.39, 0.29) is 18.5 Å². The van der Waals surface area contributed by atoms with E-state index in [0.717, 1.165) is 27.6 Å². The van der Waals surface area contributed by atoms with E-state index in [1.807, 2.05) is 53.9 Å². The van der Waals surface area contributed by atoms with Gasteiger partial charge in [-0.3, -0.25) is 4.79 Å². The minimum atomic E-state index is -0.278. The fraction of sp³-hybridized carbons (Fsp3) is 0.200. The van der Waals surface area contributed by atoms with Gasteiger partial charge in [0.15, 0.2) is 0 Å². The van der Waals surface area contributed by atoms with Crippen molar-refractivity contribution in [2.45, 2.75) is 13.0 Å². The van der Waals surface area contributed by atoms with Gasteiger partial charge in [0.25, 0.3) is 0 Å². The van der Waals surface area contributed by atoms with Crippen molar-refractivity contribution in [1.29, 1.82) is 0 Å². The molecule has 4 nitrogen and oxygen atoms in total. The molecule has 1 aromatic heterocycles. The highest BCUT2D eigenvalue weighted by atomic mass is 35.5. The maximum Gasteiger partial charge on any atom is 0.313 e. The number of thiazole rings is 1. The second kappa shape index (κ2) is 7.48. The van der Waals surface area contributed by atoms with Crippen LogP contribution in [0.3, 0.4) is 0 Å². The molecule has 0 spiro atoms. The molecule has 1 aliphatic rings. The second-order valence-corrected chi connectivity index (χ2v) is 7.37. The van der Waals surface area contributed by atoms with Crippen LogP contribution in [0.2, 0.25) is 5.02 Å². The Kier molecular flexibility index (Phi) is 4.91. The number of aromatic nitrogens is 1. The summed E-state index contributed by atoms with van der Waals surface area (Å²) in [5, 5.41) is 3.47. The first-order valence-corrected chi connectivity index (χ1v) is 9.52. The lowest BCUT2D eigenvalue weighted by Crippen LogP contribution is -2.29. The summed E-state index contributed by atoms with van der Waals surface area (Å²) >= 11 is 7.43. The van der Waals surface area contributed by atoms with Crippen LogP contribution in [0.1, 0.15) is 11.3 Å². The standard InChI is InChI=1S/C20H16ClNO3S/c21-16-7-5-13(6-8-16)19-22-17(12-26-19)11-25-20(23)15-9-14-3-1-2-4-18(14)24-10-15/h1-8,12,15H,9-11H2/t15-/m0/s1. The molecule has 0 N–H and O–H groups in total. The lowest BCUT2D eigenvalue weighted by molar-refractivity contribution is -0.151. The van der Waals surface area contributed by atoms with E-state index >= 15 is 0 Å². The number of para-hydroxylation sites is 1. The smallest absolute Gasteiger partial charge is 0.313 e. The number of carbonyl (C=O) groups excluding carboxylic acids is 1. The van der Waals surface area contributed by atoms with E-state index in [9.17, 15) is 4.79 Å². The molecule has 1 aliphatic heterocycles. The first-order valence-electron chi connectivity index (χ1n) is 8.27. The summed E-state index contributed by atoms with van der Waals surface area (Å²) in [6.07, 6.45) is 0.641. The number of benzene rings is 2. The maximum absolute atomic E-state index is 12.4. The summed E-state index contributed by atoms with van der Waals surface area (Å²) in [5.41, 5.74) is 2.78. The lowest BCUT2D eigenvalue weighted by Gasteiger charge is -2.23. The molecule has 1 atom stereocenters. The van der Waals surface area contributed by atoms with Crippen molar-refractivity contribution >= 4 is 28.9 Å². The Hall–Kier alpha value is -2.37. The Labute approximate surface area is 160 Å². The molecule has 2 heterocycles. The van der Waals surface area contributed by atoms with Crippen molar-refractivity contribution in [3.8, 4) is 16.3 Å². The molecule has 0 amide bonds. The molecule has 2 aromatic carbocycles. The van der Waals surface area contributed by atoms with Crippen LogP contribution in [-0.2, 0) is 22.6 Å². The van der Waals surface area contributed by atoms with Crippen LogP contribution in [-0.4, -0.2) is 17.6 Å². The molecule has 6 heteroatoms. The number of halogens is 1. The molecule has 26 heavy (non-hydrogen) atoms. The van der Waals surface area contributed by atoms with Gasteiger partial charge in [0.2, 0.25) is 0 Å². The third-order valence-electron chi connectivity index (χ3n) is 4.22. The topological polar surface area (TPSA) is 48.4 Å². The third-order valence-corrected chi connectivity index (χ3v) is 5.41. The molecule has 0 radical (unpaired) electrons. The van der Waals surface area contributed by atoms with Crippen molar-refractivity contribution in [3.63, 3.8) is 0 Å². The summed E-state index contributed by atoms with van der Waals surface area (Å²) in [6, 6.07) is 15.3. The predicted octanol–water partition coefficient (Wildman–Crippen LogP) is 4.76. The highest BCUT2D eigenvalue weighted by Crippen LogP contribution is 2.28. The Morgan fingerprint density at radius 2 is 2.04 bits per heavy atom. The molecule has 0 bridgehead atoms. The van der Waals surface area contributed by atoms with E-state index < -0.39 is 0 Å². The first kappa shape index (κ1) is 17.1. The van der Waals surface area contributed by atoms with Gasteiger partial charge >= 0.3 is 5.97 Å². The molecule has 0 saturated heterocycles. The van der Waals surface area contributed by atoms with Gasteiger partial charge < -0.3 is 9.47 Å². The summed E-state index contributed by atoms with van der Waals surface area (Å²) in [5.74, 6) is 0.323. The van der Waals surface area contributed by atoms with Crippen molar-refractivity contribution in [2.24, 2.45) is 5.92 Å². The van der Waals surface area contributed by atoms with Crippen molar-refractivity contribution in [1.82, 2.24) is 4.98 Å². The predicted molar refractivity (Wildman–Crippen MR) is 101 cm³/mol. The molecule has 0 aliphatic carbocycles. The molecule has 0 unspecified atom stereocenters. The fourth-order valence-electron chi connectivity index (χ4n) is 2.84. The lowest BCUT2D eigenvalue weighted by atomic mass is 9.97. The Morgan fingerprint density at radius 1 is 1.23 bits per heavy atom. The second-order valence-electron chi connectivity index (χ2n) is 6.08. The fourth-order valence-corrected chi connectivity index (χ4v) is 3.78. The maximum atomic E-state index is 12.4. The summed E-state index contributed by atoms with van der Waals surface area (Å²) in [4.78, 5) is 16.9. The number of rotatable bonds is 4. The largest absolute Gasteiger partial charge is 0.492 e. The van der Waals surface area contributed by atoms with Gasteiger partial charge in [-0.15, -0.1) is 11.3 Å². The number of esters is 1. The minimum absolute atomic E-state index is 0.168. The molecule has 132 valence electrons. The Morgan fingerprint density at radius 3 is 2.88 bits per heavy atom. The van der Waals surface area contributed by atoms with E-state index in [1.54, 1.807) is 0 Å². The zero-order chi connectivity index (χ0) is 17.9. The Balaban J connectivity index is 1.36. The average molecular weight is 386 g/mol. The van der Waals surface area contributed by atoms with Crippen molar-refractivity contribution < 1.29 is 14.3 Å². The summed E-state index contributed by atoms with van der Waals surface area (Å²) in [6.45, 7) is 0.518. The Bertz CT molecular complexity index is 923. The minimum Gasteiger partial charge on any atom is -0.492 e. The number of hydrogen-bond acceptors (Lipinski definition) is 5. The van der Waals surface area contributed by atoms with Gasteiger partial charge in [-0.2, -0.15) is 0 Å². The first-order chi connectivity index (χ1) is 12.7. The number of hydrogen-bond donors (Lipinski definition) is 0. The number of carbonyl (C=O) groups is 1. The van der Waals surface area contributed by atoms with Gasteiger partial charge in [-0.05, 0) is 30.2 Å². The zero-order valence-corrected chi connectivity index (χ0v) is 15.4. The molecule has 4 rings (SSSR count). The molecular weight excluding hydrogens is 370 g/mol.